The lowest BCUT2D eigenvalue weighted by Crippen LogP contribution is -2.46. The van der Waals surface area contributed by atoms with Crippen LogP contribution < -0.4 is 15.0 Å². The Labute approximate surface area is 149 Å². The second-order valence-corrected chi connectivity index (χ2v) is 6.98. The molecule has 1 aliphatic heterocycles. The van der Waals surface area contributed by atoms with Gasteiger partial charge in [0.15, 0.2) is 0 Å². The molecule has 0 saturated heterocycles. The average molecular weight is 338 g/mol. The smallest absolute Gasteiger partial charge is 0.222 e. The maximum Gasteiger partial charge on any atom is 0.222 e. The largest absolute Gasteiger partial charge is 0.489 e. The average Bonchev–Trinajstić information content (AvgIpc) is 2.57. The summed E-state index contributed by atoms with van der Waals surface area (Å²) in [5.74, 6) is 0.966. The second kappa shape index (κ2) is 7.60. The Morgan fingerprint density at radius 3 is 2.72 bits per heavy atom. The highest BCUT2D eigenvalue weighted by molar-refractivity contribution is 5.78. The van der Waals surface area contributed by atoms with Gasteiger partial charge in [0.05, 0.1) is 18.2 Å². The number of hydrogen-bond donors (Lipinski definition) is 1. The van der Waals surface area contributed by atoms with Crippen LogP contribution in [0.4, 0.5) is 5.69 Å². The summed E-state index contributed by atoms with van der Waals surface area (Å²) in [7, 11) is 0. The Hall–Kier alpha value is -2.49. The van der Waals surface area contributed by atoms with Crippen molar-refractivity contribution in [3.05, 3.63) is 59.7 Å². The maximum atomic E-state index is 12.3. The minimum atomic E-state index is 0.0224. The molecule has 132 valence electrons. The van der Waals surface area contributed by atoms with Crippen LogP contribution in [0.25, 0.3) is 0 Å². The van der Waals surface area contributed by atoms with E-state index in [1.54, 1.807) is 0 Å². The molecule has 0 aromatic heterocycles. The van der Waals surface area contributed by atoms with Crippen LogP contribution in [0.15, 0.2) is 48.5 Å². The lowest BCUT2D eigenvalue weighted by atomic mass is 10.0. The number of carbonyl (C=O) groups is 1. The summed E-state index contributed by atoms with van der Waals surface area (Å²) in [5, 5.41) is 2.99. The van der Waals surface area contributed by atoms with Gasteiger partial charge in [0.2, 0.25) is 5.91 Å². The number of benzene rings is 2. The molecule has 0 saturated carbocycles. The number of hydrogen-bond acceptors (Lipinski definition) is 3. The van der Waals surface area contributed by atoms with Crippen LogP contribution >= 0.6 is 0 Å². The Kier molecular flexibility index (Phi) is 5.27. The van der Waals surface area contributed by atoms with Crippen LogP contribution in [-0.4, -0.2) is 24.6 Å². The summed E-state index contributed by atoms with van der Waals surface area (Å²) in [4.78, 5) is 14.6. The van der Waals surface area contributed by atoms with Crippen LogP contribution in [-0.2, 0) is 11.3 Å². The van der Waals surface area contributed by atoms with Gasteiger partial charge in [-0.25, -0.2) is 0 Å². The van der Waals surface area contributed by atoms with E-state index >= 15 is 0 Å². The number of aryl methyl sites for hydroxylation is 1. The van der Waals surface area contributed by atoms with Crippen molar-refractivity contribution in [2.75, 3.05) is 11.5 Å². The molecule has 1 N–H and O–H groups in total. The predicted octanol–water partition coefficient (Wildman–Crippen LogP) is 3.68. The standard InChI is InChI=1S/C21H26N2O2/c1-15(2)22-21(24)12-18-14-25-20-11-16(3)9-10-19(20)23(18)13-17-7-5-4-6-8-17/h4-11,15,18H,12-14H2,1-3H3,(H,22,24)/t18-/m0/s1. The summed E-state index contributed by atoms with van der Waals surface area (Å²) in [6.07, 6.45) is 0.429. The number of fused-ring (bicyclic) bond motifs is 1. The molecule has 3 rings (SSSR count). The molecule has 1 aliphatic rings. The number of nitrogens with one attached hydrogen (secondary N) is 1. The summed E-state index contributed by atoms with van der Waals surface area (Å²) in [6, 6.07) is 16.8. The number of rotatable bonds is 5. The van der Waals surface area contributed by atoms with Gasteiger partial charge in [0.1, 0.15) is 12.4 Å². The predicted molar refractivity (Wildman–Crippen MR) is 101 cm³/mol. The van der Waals surface area contributed by atoms with Crippen molar-refractivity contribution in [2.45, 2.75) is 45.8 Å². The molecule has 1 heterocycles. The van der Waals surface area contributed by atoms with Crippen LogP contribution in [0.1, 0.15) is 31.4 Å². The molecule has 4 heteroatoms. The molecule has 4 nitrogen and oxygen atoms in total. The van der Waals surface area contributed by atoms with E-state index < -0.39 is 0 Å². The summed E-state index contributed by atoms with van der Waals surface area (Å²) in [5.41, 5.74) is 3.46. The lowest BCUT2D eigenvalue weighted by molar-refractivity contribution is -0.122. The minimum Gasteiger partial charge on any atom is -0.489 e. The zero-order valence-corrected chi connectivity index (χ0v) is 15.2. The molecule has 0 spiro atoms. The molecule has 2 aromatic rings. The van der Waals surface area contributed by atoms with E-state index in [2.05, 4.69) is 47.5 Å². The summed E-state index contributed by atoms with van der Waals surface area (Å²) in [6.45, 7) is 7.31. The molecule has 1 atom stereocenters. The van der Waals surface area contributed by atoms with Crippen LogP contribution in [0, 0.1) is 6.92 Å². The second-order valence-electron chi connectivity index (χ2n) is 6.98. The number of ether oxygens (including phenoxy) is 1. The lowest BCUT2D eigenvalue weighted by Gasteiger charge is -2.38. The van der Waals surface area contributed by atoms with Crippen molar-refractivity contribution in [1.29, 1.82) is 0 Å². The van der Waals surface area contributed by atoms with Crippen LogP contribution in [0.5, 0.6) is 5.75 Å². The summed E-state index contributed by atoms with van der Waals surface area (Å²) >= 11 is 0. The van der Waals surface area contributed by atoms with Gasteiger partial charge in [-0.1, -0.05) is 36.4 Å². The van der Waals surface area contributed by atoms with Gasteiger partial charge in [-0.2, -0.15) is 0 Å². The van der Waals surface area contributed by atoms with Crippen LogP contribution in [0.2, 0.25) is 0 Å². The Bertz CT molecular complexity index is 728. The van der Waals surface area contributed by atoms with Crippen LogP contribution in [0.3, 0.4) is 0 Å². The number of carbonyl (C=O) groups excluding carboxylic acids is 1. The number of anilines is 1. The quantitative estimate of drug-likeness (QED) is 0.904. The third-order valence-corrected chi connectivity index (χ3v) is 4.36. The highest BCUT2D eigenvalue weighted by Crippen LogP contribution is 2.36. The molecule has 2 aromatic carbocycles. The molecule has 0 fully saturated rings. The van der Waals surface area contributed by atoms with E-state index in [0.717, 1.165) is 18.0 Å². The Morgan fingerprint density at radius 1 is 1.24 bits per heavy atom. The topological polar surface area (TPSA) is 41.6 Å². The molecule has 25 heavy (non-hydrogen) atoms. The molecule has 0 radical (unpaired) electrons. The fraction of sp³-hybridized carbons (Fsp3) is 0.381. The van der Waals surface area contributed by atoms with Gasteiger partial charge in [0.25, 0.3) is 0 Å². The molecule has 0 unspecified atom stereocenters. The highest BCUT2D eigenvalue weighted by Gasteiger charge is 2.29. The first-order valence-electron chi connectivity index (χ1n) is 8.86. The monoisotopic (exact) mass is 338 g/mol. The summed E-state index contributed by atoms with van der Waals surface area (Å²) < 4.78 is 5.97. The zero-order valence-electron chi connectivity index (χ0n) is 15.2. The third kappa shape index (κ3) is 4.32. The van der Waals surface area contributed by atoms with Gasteiger partial charge in [0, 0.05) is 12.6 Å². The number of nitrogens with zero attached hydrogens (tertiary/aromatic N) is 1. The Morgan fingerprint density at radius 2 is 2.00 bits per heavy atom. The molecule has 0 aliphatic carbocycles. The first kappa shape index (κ1) is 17.3. The van der Waals surface area contributed by atoms with Crippen molar-refractivity contribution in [3.63, 3.8) is 0 Å². The molecular weight excluding hydrogens is 312 g/mol. The van der Waals surface area contributed by atoms with Crippen molar-refractivity contribution < 1.29 is 9.53 Å². The fourth-order valence-electron chi connectivity index (χ4n) is 3.21. The first-order chi connectivity index (χ1) is 12.0. The first-order valence-corrected chi connectivity index (χ1v) is 8.86. The van der Waals surface area contributed by atoms with Crippen molar-refractivity contribution in [1.82, 2.24) is 5.32 Å². The van der Waals surface area contributed by atoms with E-state index in [1.165, 1.54) is 11.1 Å². The van der Waals surface area contributed by atoms with Gasteiger partial charge < -0.3 is 15.0 Å². The third-order valence-electron chi connectivity index (χ3n) is 4.36. The molecular formula is C21H26N2O2. The van der Waals surface area contributed by atoms with E-state index in [-0.39, 0.29) is 18.0 Å². The van der Waals surface area contributed by atoms with E-state index in [1.807, 2.05) is 32.0 Å². The van der Waals surface area contributed by atoms with Gasteiger partial charge in [-0.3, -0.25) is 4.79 Å². The fourth-order valence-corrected chi connectivity index (χ4v) is 3.21. The van der Waals surface area contributed by atoms with Crippen molar-refractivity contribution >= 4 is 11.6 Å². The molecule has 0 bridgehead atoms. The minimum absolute atomic E-state index is 0.0224. The van der Waals surface area contributed by atoms with Crippen molar-refractivity contribution in [3.8, 4) is 5.75 Å². The SMILES string of the molecule is Cc1ccc2c(c1)OC[C@H](CC(=O)NC(C)C)N2Cc1ccccc1. The highest BCUT2D eigenvalue weighted by atomic mass is 16.5. The van der Waals surface area contributed by atoms with Crippen molar-refractivity contribution in [2.24, 2.45) is 0 Å². The number of amides is 1. The molecule has 1 amide bonds. The zero-order chi connectivity index (χ0) is 17.8. The van der Waals surface area contributed by atoms with E-state index in [0.29, 0.717) is 13.0 Å². The van der Waals surface area contributed by atoms with E-state index in [4.69, 9.17) is 4.74 Å². The van der Waals surface area contributed by atoms with Gasteiger partial charge >= 0.3 is 0 Å². The Balaban J connectivity index is 1.86. The normalized spacial score (nSPS) is 16.3. The van der Waals surface area contributed by atoms with E-state index in [9.17, 15) is 4.79 Å². The maximum absolute atomic E-state index is 12.3. The van der Waals surface area contributed by atoms with Gasteiger partial charge in [-0.05, 0) is 44.0 Å². The van der Waals surface area contributed by atoms with Gasteiger partial charge in [-0.15, -0.1) is 0 Å².